The van der Waals surface area contributed by atoms with Gasteiger partial charge >= 0.3 is 0 Å². The van der Waals surface area contributed by atoms with E-state index in [4.69, 9.17) is 10.5 Å². The second-order valence-corrected chi connectivity index (χ2v) is 4.57. The summed E-state index contributed by atoms with van der Waals surface area (Å²) in [6, 6.07) is 8.62. The minimum absolute atomic E-state index is 0.0847. The molecule has 0 spiro atoms. The van der Waals surface area contributed by atoms with E-state index in [2.05, 4.69) is 4.98 Å². The summed E-state index contributed by atoms with van der Waals surface area (Å²) in [6.45, 7) is 0.352. The summed E-state index contributed by atoms with van der Waals surface area (Å²) in [5, 5.41) is 0. The first-order chi connectivity index (χ1) is 10.0. The van der Waals surface area contributed by atoms with Gasteiger partial charge in [0.05, 0.1) is 12.7 Å². The highest BCUT2D eigenvalue weighted by atomic mass is 19.1. The molecule has 0 fully saturated rings. The molecule has 1 amide bonds. The fourth-order valence-electron chi connectivity index (χ4n) is 1.91. The van der Waals surface area contributed by atoms with E-state index in [1.807, 2.05) is 12.1 Å². The number of pyridine rings is 1. The van der Waals surface area contributed by atoms with Gasteiger partial charge in [0.1, 0.15) is 5.75 Å². The molecule has 0 aliphatic heterocycles. The number of anilines is 1. The van der Waals surface area contributed by atoms with Gasteiger partial charge in [0.2, 0.25) is 0 Å². The van der Waals surface area contributed by atoms with Crippen LogP contribution in [0.3, 0.4) is 0 Å². The van der Waals surface area contributed by atoms with Crippen LogP contribution < -0.4 is 10.5 Å². The van der Waals surface area contributed by atoms with Crippen molar-refractivity contribution in [3.05, 3.63) is 53.5 Å². The molecule has 0 atom stereocenters. The number of carbonyl (C=O) groups is 1. The molecule has 0 saturated heterocycles. The van der Waals surface area contributed by atoms with Gasteiger partial charge in [0, 0.05) is 19.8 Å². The van der Waals surface area contributed by atoms with Gasteiger partial charge in [-0.05, 0) is 23.8 Å². The monoisotopic (exact) mass is 289 g/mol. The SMILES string of the molecule is COc1ccc(CN(C)C(=O)c2ccnc(N)c2F)cc1. The normalized spacial score (nSPS) is 10.2. The van der Waals surface area contributed by atoms with Crippen molar-refractivity contribution in [1.29, 1.82) is 0 Å². The van der Waals surface area contributed by atoms with Gasteiger partial charge in [-0.3, -0.25) is 4.79 Å². The first-order valence-electron chi connectivity index (χ1n) is 6.31. The quantitative estimate of drug-likeness (QED) is 0.935. The molecule has 110 valence electrons. The highest BCUT2D eigenvalue weighted by Crippen LogP contribution is 2.16. The highest BCUT2D eigenvalue weighted by Gasteiger charge is 2.18. The Bertz CT molecular complexity index is 644. The van der Waals surface area contributed by atoms with Crippen molar-refractivity contribution in [2.45, 2.75) is 6.54 Å². The predicted octanol–water partition coefficient (Wildman–Crippen LogP) is 2.08. The number of hydrogen-bond donors (Lipinski definition) is 1. The van der Waals surface area contributed by atoms with Crippen LogP contribution in [0.2, 0.25) is 0 Å². The largest absolute Gasteiger partial charge is 0.497 e. The Morgan fingerprint density at radius 3 is 2.62 bits per heavy atom. The lowest BCUT2D eigenvalue weighted by Crippen LogP contribution is -2.27. The number of halogens is 1. The van der Waals surface area contributed by atoms with Crippen molar-refractivity contribution in [1.82, 2.24) is 9.88 Å². The summed E-state index contributed by atoms with van der Waals surface area (Å²) in [5.41, 5.74) is 6.20. The Kier molecular flexibility index (Phi) is 4.37. The number of methoxy groups -OCH3 is 1. The van der Waals surface area contributed by atoms with Crippen molar-refractivity contribution in [2.24, 2.45) is 0 Å². The van der Waals surface area contributed by atoms with Gasteiger partial charge in [0.15, 0.2) is 11.6 Å². The van der Waals surface area contributed by atoms with Gasteiger partial charge in [0.25, 0.3) is 5.91 Å². The van der Waals surface area contributed by atoms with Gasteiger partial charge < -0.3 is 15.4 Å². The molecule has 2 N–H and O–H groups in total. The van der Waals surface area contributed by atoms with Gasteiger partial charge in [-0.15, -0.1) is 0 Å². The van der Waals surface area contributed by atoms with E-state index in [-0.39, 0.29) is 11.4 Å². The standard InChI is InChI=1S/C15H16FN3O2/c1-19(9-10-3-5-11(21-2)6-4-10)15(20)12-7-8-18-14(17)13(12)16/h3-8H,9H2,1-2H3,(H2,17,18). The second-order valence-electron chi connectivity index (χ2n) is 4.57. The lowest BCUT2D eigenvalue weighted by Gasteiger charge is -2.18. The van der Waals surface area contributed by atoms with Crippen molar-refractivity contribution in [3.8, 4) is 5.75 Å². The summed E-state index contributed by atoms with van der Waals surface area (Å²) in [7, 11) is 3.18. The molecule has 1 aromatic carbocycles. The number of aromatic nitrogens is 1. The maximum absolute atomic E-state index is 13.8. The number of amides is 1. The number of nitrogens with zero attached hydrogens (tertiary/aromatic N) is 2. The molecule has 2 aromatic rings. The van der Waals surface area contributed by atoms with Crippen molar-refractivity contribution in [2.75, 3.05) is 19.9 Å². The third-order valence-corrected chi connectivity index (χ3v) is 3.07. The fourth-order valence-corrected chi connectivity index (χ4v) is 1.91. The number of hydrogen-bond acceptors (Lipinski definition) is 4. The van der Waals surface area contributed by atoms with E-state index in [0.29, 0.717) is 6.54 Å². The molecular weight excluding hydrogens is 273 g/mol. The smallest absolute Gasteiger partial charge is 0.257 e. The number of ether oxygens (including phenoxy) is 1. The van der Waals surface area contributed by atoms with E-state index in [1.165, 1.54) is 17.2 Å². The van der Waals surface area contributed by atoms with Crippen molar-refractivity contribution < 1.29 is 13.9 Å². The minimum atomic E-state index is -0.788. The molecule has 1 aromatic heterocycles. The topological polar surface area (TPSA) is 68.5 Å². The Balaban J connectivity index is 2.13. The molecule has 2 rings (SSSR count). The lowest BCUT2D eigenvalue weighted by molar-refractivity contribution is 0.0780. The fraction of sp³-hybridized carbons (Fsp3) is 0.200. The molecule has 0 aliphatic rings. The predicted molar refractivity (Wildman–Crippen MR) is 77.4 cm³/mol. The summed E-state index contributed by atoms with van der Waals surface area (Å²) < 4.78 is 18.9. The van der Waals surface area contributed by atoms with Crippen molar-refractivity contribution in [3.63, 3.8) is 0 Å². The zero-order valence-electron chi connectivity index (χ0n) is 11.8. The van der Waals surface area contributed by atoms with Crippen LogP contribution in [-0.4, -0.2) is 29.9 Å². The van der Waals surface area contributed by atoms with Crippen LogP contribution in [0.15, 0.2) is 36.5 Å². The van der Waals surface area contributed by atoms with Crippen LogP contribution >= 0.6 is 0 Å². The summed E-state index contributed by atoms with van der Waals surface area (Å²) >= 11 is 0. The number of benzene rings is 1. The van der Waals surface area contributed by atoms with E-state index < -0.39 is 11.7 Å². The number of carbonyl (C=O) groups excluding carboxylic acids is 1. The van der Waals surface area contributed by atoms with E-state index >= 15 is 0 Å². The first-order valence-corrected chi connectivity index (χ1v) is 6.31. The minimum Gasteiger partial charge on any atom is -0.497 e. The van der Waals surface area contributed by atoms with Gasteiger partial charge in [-0.1, -0.05) is 12.1 Å². The Labute approximate surface area is 122 Å². The van der Waals surface area contributed by atoms with Crippen LogP contribution in [0.4, 0.5) is 10.2 Å². The third kappa shape index (κ3) is 3.28. The van der Waals surface area contributed by atoms with Crippen LogP contribution in [0, 0.1) is 5.82 Å². The van der Waals surface area contributed by atoms with Gasteiger partial charge in [-0.2, -0.15) is 0 Å². The molecule has 0 unspecified atom stereocenters. The maximum Gasteiger partial charge on any atom is 0.257 e. The molecule has 0 radical (unpaired) electrons. The Morgan fingerprint density at radius 1 is 1.33 bits per heavy atom. The Hall–Kier alpha value is -2.63. The van der Waals surface area contributed by atoms with Crippen molar-refractivity contribution >= 4 is 11.7 Å². The lowest BCUT2D eigenvalue weighted by atomic mass is 10.1. The third-order valence-electron chi connectivity index (χ3n) is 3.07. The molecule has 0 aliphatic carbocycles. The van der Waals surface area contributed by atoms with Crippen LogP contribution in [0.5, 0.6) is 5.75 Å². The highest BCUT2D eigenvalue weighted by molar-refractivity contribution is 5.94. The zero-order chi connectivity index (χ0) is 15.4. The van der Waals surface area contributed by atoms with E-state index in [9.17, 15) is 9.18 Å². The second kappa shape index (κ2) is 6.21. The number of rotatable bonds is 4. The maximum atomic E-state index is 13.8. The molecule has 5 nitrogen and oxygen atoms in total. The van der Waals surface area contributed by atoms with Crippen LogP contribution in [0.1, 0.15) is 15.9 Å². The molecule has 0 bridgehead atoms. The summed E-state index contributed by atoms with van der Waals surface area (Å²) in [6.07, 6.45) is 1.31. The number of nitrogen functional groups attached to an aromatic ring is 1. The molecule has 1 heterocycles. The van der Waals surface area contributed by atoms with E-state index in [0.717, 1.165) is 11.3 Å². The average molecular weight is 289 g/mol. The van der Waals surface area contributed by atoms with E-state index in [1.54, 1.807) is 26.3 Å². The zero-order valence-corrected chi connectivity index (χ0v) is 11.8. The van der Waals surface area contributed by atoms with Crippen LogP contribution in [0.25, 0.3) is 0 Å². The first kappa shape index (κ1) is 14.8. The molecule has 0 saturated carbocycles. The van der Waals surface area contributed by atoms with Crippen LogP contribution in [-0.2, 0) is 6.54 Å². The molecular formula is C15H16FN3O2. The molecule has 21 heavy (non-hydrogen) atoms. The molecule has 6 heteroatoms. The van der Waals surface area contributed by atoms with Gasteiger partial charge in [-0.25, -0.2) is 9.37 Å². The number of nitrogens with two attached hydrogens (primary N) is 1. The summed E-state index contributed by atoms with van der Waals surface area (Å²) in [5.74, 6) is -0.777. The average Bonchev–Trinajstić information content (AvgIpc) is 2.50. The Morgan fingerprint density at radius 2 is 2.00 bits per heavy atom. The summed E-state index contributed by atoms with van der Waals surface area (Å²) in [4.78, 5) is 17.2.